The highest BCUT2D eigenvalue weighted by Gasteiger charge is 2.11. The summed E-state index contributed by atoms with van der Waals surface area (Å²) >= 11 is 0. The first-order valence-corrected chi connectivity index (χ1v) is 4.08. The standard InChI is InChI=1S/C11H10O3/c1-14-10(7-8-12)11(13)9-5-3-2-4-6-9/h2-8H,1H3/b10-7+. The number of ketones is 1. The summed E-state index contributed by atoms with van der Waals surface area (Å²) in [6.45, 7) is 0. The van der Waals surface area contributed by atoms with E-state index in [1.807, 2.05) is 6.07 Å². The van der Waals surface area contributed by atoms with Crippen LogP contribution < -0.4 is 0 Å². The van der Waals surface area contributed by atoms with Crippen molar-refractivity contribution in [2.75, 3.05) is 7.11 Å². The summed E-state index contributed by atoms with van der Waals surface area (Å²) in [7, 11) is 1.36. The fraction of sp³-hybridized carbons (Fsp3) is 0.0909. The summed E-state index contributed by atoms with van der Waals surface area (Å²) in [6, 6.07) is 8.65. The van der Waals surface area contributed by atoms with Crippen molar-refractivity contribution in [1.82, 2.24) is 0 Å². The van der Waals surface area contributed by atoms with Gasteiger partial charge in [0, 0.05) is 11.6 Å². The Morgan fingerprint density at radius 1 is 1.29 bits per heavy atom. The summed E-state index contributed by atoms with van der Waals surface area (Å²) in [5, 5.41) is 0. The maximum absolute atomic E-state index is 11.6. The van der Waals surface area contributed by atoms with E-state index in [0.717, 1.165) is 6.08 Å². The second kappa shape index (κ2) is 4.97. The number of rotatable bonds is 4. The molecule has 1 aromatic rings. The van der Waals surface area contributed by atoms with Crippen molar-refractivity contribution in [3.05, 3.63) is 47.7 Å². The lowest BCUT2D eigenvalue weighted by Crippen LogP contribution is -2.05. The first kappa shape index (κ1) is 10.2. The molecule has 1 rings (SSSR count). The van der Waals surface area contributed by atoms with Gasteiger partial charge in [0.15, 0.2) is 5.76 Å². The Morgan fingerprint density at radius 2 is 1.93 bits per heavy atom. The van der Waals surface area contributed by atoms with Gasteiger partial charge in [0.25, 0.3) is 0 Å². The molecular weight excluding hydrogens is 180 g/mol. The van der Waals surface area contributed by atoms with Crippen LogP contribution >= 0.6 is 0 Å². The van der Waals surface area contributed by atoms with Crippen molar-refractivity contribution in [2.24, 2.45) is 0 Å². The number of benzene rings is 1. The van der Waals surface area contributed by atoms with Gasteiger partial charge in [0.2, 0.25) is 5.78 Å². The van der Waals surface area contributed by atoms with Crippen LogP contribution in [0.4, 0.5) is 0 Å². The van der Waals surface area contributed by atoms with Crippen molar-refractivity contribution >= 4 is 12.1 Å². The summed E-state index contributed by atoms with van der Waals surface area (Å²) in [6.07, 6.45) is 1.63. The molecular formula is C11H10O3. The van der Waals surface area contributed by atoms with Crippen molar-refractivity contribution in [3.63, 3.8) is 0 Å². The number of allylic oxidation sites excluding steroid dienone is 2. The van der Waals surface area contributed by atoms with Crippen molar-refractivity contribution < 1.29 is 14.3 Å². The third-order valence-corrected chi connectivity index (χ3v) is 1.70. The summed E-state index contributed by atoms with van der Waals surface area (Å²) in [5.74, 6) is -0.244. The molecule has 0 aliphatic rings. The molecule has 0 fully saturated rings. The smallest absolute Gasteiger partial charge is 0.227 e. The zero-order chi connectivity index (χ0) is 10.4. The number of carbonyl (C=O) groups is 2. The van der Waals surface area contributed by atoms with Gasteiger partial charge in [-0.2, -0.15) is 0 Å². The number of Topliss-reactive ketones (excluding diaryl/α,β-unsaturated/α-hetero) is 1. The zero-order valence-electron chi connectivity index (χ0n) is 7.77. The molecule has 0 unspecified atom stereocenters. The molecule has 0 atom stereocenters. The number of hydrogen-bond donors (Lipinski definition) is 0. The molecule has 14 heavy (non-hydrogen) atoms. The Hall–Kier alpha value is -1.90. The van der Waals surface area contributed by atoms with Gasteiger partial charge in [-0.05, 0) is 0 Å². The lowest BCUT2D eigenvalue weighted by atomic mass is 10.1. The van der Waals surface area contributed by atoms with E-state index in [-0.39, 0.29) is 11.5 Å². The molecule has 0 N–H and O–H groups in total. The van der Waals surface area contributed by atoms with Crippen LogP contribution in [0, 0.1) is 0 Å². The van der Waals surface area contributed by atoms with Crippen LogP contribution in [0.2, 0.25) is 0 Å². The predicted octanol–water partition coefficient (Wildman–Crippen LogP) is 1.60. The van der Waals surface area contributed by atoms with Gasteiger partial charge in [-0.3, -0.25) is 9.59 Å². The average Bonchev–Trinajstić information content (AvgIpc) is 2.26. The first-order chi connectivity index (χ1) is 6.79. The highest BCUT2D eigenvalue weighted by Crippen LogP contribution is 2.07. The number of aldehydes is 1. The average molecular weight is 190 g/mol. The minimum absolute atomic E-state index is 0.0474. The molecule has 72 valence electrons. The molecule has 0 spiro atoms. The van der Waals surface area contributed by atoms with E-state index in [1.54, 1.807) is 24.3 Å². The van der Waals surface area contributed by atoms with E-state index in [1.165, 1.54) is 7.11 Å². The highest BCUT2D eigenvalue weighted by molar-refractivity contribution is 6.08. The highest BCUT2D eigenvalue weighted by atomic mass is 16.5. The van der Waals surface area contributed by atoms with Crippen molar-refractivity contribution in [2.45, 2.75) is 0 Å². The Morgan fingerprint density at radius 3 is 2.43 bits per heavy atom. The molecule has 0 amide bonds. The maximum atomic E-state index is 11.6. The fourth-order valence-corrected chi connectivity index (χ4v) is 1.03. The van der Waals surface area contributed by atoms with Crippen LogP contribution in [0.1, 0.15) is 10.4 Å². The molecule has 3 nitrogen and oxygen atoms in total. The summed E-state index contributed by atoms with van der Waals surface area (Å²) < 4.78 is 4.79. The fourth-order valence-electron chi connectivity index (χ4n) is 1.03. The van der Waals surface area contributed by atoms with Crippen LogP contribution in [0.3, 0.4) is 0 Å². The second-order valence-corrected chi connectivity index (χ2v) is 2.57. The predicted molar refractivity (Wildman–Crippen MR) is 51.9 cm³/mol. The lowest BCUT2D eigenvalue weighted by Gasteiger charge is -2.02. The van der Waals surface area contributed by atoms with E-state index in [2.05, 4.69) is 0 Å². The molecule has 0 aliphatic carbocycles. The van der Waals surface area contributed by atoms with Crippen LogP contribution in [0.15, 0.2) is 42.2 Å². The number of ether oxygens (including phenoxy) is 1. The SMILES string of the molecule is CO/C(=C/C=O)C(=O)c1ccccc1. The van der Waals surface area contributed by atoms with E-state index in [0.29, 0.717) is 11.8 Å². The Kier molecular flexibility index (Phi) is 3.61. The van der Waals surface area contributed by atoms with E-state index in [9.17, 15) is 9.59 Å². The molecule has 0 radical (unpaired) electrons. The Labute approximate surface area is 82.0 Å². The van der Waals surface area contributed by atoms with E-state index in [4.69, 9.17) is 4.74 Å². The molecule has 1 aromatic carbocycles. The minimum atomic E-state index is -0.291. The van der Waals surface area contributed by atoms with Gasteiger partial charge < -0.3 is 4.74 Å². The van der Waals surface area contributed by atoms with Crippen molar-refractivity contribution in [3.8, 4) is 0 Å². The van der Waals surface area contributed by atoms with Crippen molar-refractivity contribution in [1.29, 1.82) is 0 Å². The number of hydrogen-bond acceptors (Lipinski definition) is 3. The third-order valence-electron chi connectivity index (χ3n) is 1.70. The van der Waals surface area contributed by atoms with Crippen LogP contribution in [0.25, 0.3) is 0 Å². The lowest BCUT2D eigenvalue weighted by molar-refractivity contribution is -0.104. The Balaban J connectivity index is 2.95. The molecule has 0 saturated carbocycles. The molecule has 0 heterocycles. The Bertz CT molecular complexity index is 352. The monoisotopic (exact) mass is 190 g/mol. The molecule has 0 aliphatic heterocycles. The second-order valence-electron chi connectivity index (χ2n) is 2.57. The van der Waals surface area contributed by atoms with Gasteiger partial charge in [-0.1, -0.05) is 30.3 Å². The zero-order valence-corrected chi connectivity index (χ0v) is 7.77. The molecule has 0 aromatic heterocycles. The van der Waals surface area contributed by atoms with Gasteiger partial charge in [-0.25, -0.2) is 0 Å². The quantitative estimate of drug-likeness (QED) is 0.313. The van der Waals surface area contributed by atoms with Crippen LogP contribution in [-0.4, -0.2) is 19.2 Å². The van der Waals surface area contributed by atoms with E-state index < -0.39 is 0 Å². The normalized spacial score (nSPS) is 10.8. The number of methoxy groups -OCH3 is 1. The van der Waals surface area contributed by atoms with Gasteiger partial charge in [0.05, 0.1) is 7.11 Å². The third kappa shape index (κ3) is 2.29. The van der Waals surface area contributed by atoms with Gasteiger partial charge in [0.1, 0.15) is 6.29 Å². The van der Waals surface area contributed by atoms with Crippen LogP contribution in [-0.2, 0) is 9.53 Å². The number of carbonyl (C=O) groups excluding carboxylic acids is 2. The van der Waals surface area contributed by atoms with E-state index >= 15 is 0 Å². The molecule has 3 heteroatoms. The molecule has 0 bridgehead atoms. The first-order valence-electron chi connectivity index (χ1n) is 4.08. The maximum Gasteiger partial charge on any atom is 0.227 e. The van der Waals surface area contributed by atoms with Gasteiger partial charge >= 0.3 is 0 Å². The topological polar surface area (TPSA) is 43.4 Å². The molecule has 0 saturated heterocycles. The van der Waals surface area contributed by atoms with Crippen LogP contribution in [0.5, 0.6) is 0 Å². The van der Waals surface area contributed by atoms with Gasteiger partial charge in [-0.15, -0.1) is 0 Å². The summed E-state index contributed by atoms with van der Waals surface area (Å²) in [4.78, 5) is 21.8. The minimum Gasteiger partial charge on any atom is -0.493 e. The largest absolute Gasteiger partial charge is 0.493 e. The summed E-state index contributed by atoms with van der Waals surface area (Å²) in [5.41, 5.74) is 0.502.